The Kier molecular flexibility index (Phi) is 4.63. The molecule has 0 saturated carbocycles. The van der Waals surface area contributed by atoms with Crippen LogP contribution in [-0.4, -0.2) is 25.3 Å². The fraction of sp³-hybridized carbons (Fsp3) is 0.600. The summed E-state index contributed by atoms with van der Waals surface area (Å²) in [5, 5.41) is 0. The Morgan fingerprint density at radius 2 is 1.95 bits per heavy atom. The third-order valence-corrected chi connectivity index (χ3v) is 5.81. The minimum atomic E-state index is -3.30. The van der Waals surface area contributed by atoms with E-state index in [0.29, 0.717) is 11.4 Å². The van der Waals surface area contributed by atoms with Crippen LogP contribution in [0.1, 0.15) is 44.6 Å². The van der Waals surface area contributed by atoms with Gasteiger partial charge in [-0.1, -0.05) is 37.5 Å². The van der Waals surface area contributed by atoms with Crippen LogP contribution in [0.5, 0.6) is 0 Å². The van der Waals surface area contributed by atoms with E-state index in [9.17, 15) is 8.42 Å². The predicted molar refractivity (Wildman–Crippen MR) is 77.6 cm³/mol. The maximum Gasteiger partial charge on any atom is 0.243 e. The van der Waals surface area contributed by atoms with Gasteiger partial charge in [-0.05, 0) is 38.3 Å². The van der Waals surface area contributed by atoms with Gasteiger partial charge < -0.3 is 0 Å². The molecule has 3 nitrogen and oxygen atoms in total. The average molecular weight is 281 g/mol. The SMILES string of the molecule is CCCC[C@H]1CCCN1S(=O)(=O)c1ccc(C)cc1. The van der Waals surface area contributed by atoms with Crippen LogP contribution in [0, 0.1) is 6.92 Å². The highest BCUT2D eigenvalue weighted by molar-refractivity contribution is 7.89. The molecule has 1 saturated heterocycles. The highest BCUT2D eigenvalue weighted by Crippen LogP contribution is 2.28. The molecule has 0 N–H and O–H groups in total. The van der Waals surface area contributed by atoms with Crippen LogP contribution in [0.2, 0.25) is 0 Å². The molecule has 19 heavy (non-hydrogen) atoms. The molecule has 0 amide bonds. The fourth-order valence-corrected chi connectivity index (χ4v) is 4.42. The molecular weight excluding hydrogens is 258 g/mol. The molecule has 1 aromatic rings. The van der Waals surface area contributed by atoms with E-state index in [0.717, 1.165) is 37.7 Å². The first-order valence-corrected chi connectivity index (χ1v) is 8.58. The van der Waals surface area contributed by atoms with Crippen LogP contribution < -0.4 is 0 Å². The summed E-state index contributed by atoms with van der Waals surface area (Å²) >= 11 is 0. The van der Waals surface area contributed by atoms with Gasteiger partial charge in [-0.2, -0.15) is 4.31 Å². The number of hydrogen-bond acceptors (Lipinski definition) is 2. The van der Waals surface area contributed by atoms with Crippen LogP contribution in [0.15, 0.2) is 29.2 Å². The lowest BCUT2D eigenvalue weighted by atomic mass is 10.1. The molecule has 0 spiro atoms. The zero-order valence-corrected chi connectivity index (χ0v) is 12.6. The Morgan fingerprint density at radius 1 is 1.26 bits per heavy atom. The van der Waals surface area contributed by atoms with Gasteiger partial charge in [-0.25, -0.2) is 8.42 Å². The van der Waals surface area contributed by atoms with Crippen molar-refractivity contribution < 1.29 is 8.42 Å². The Hall–Kier alpha value is -0.870. The van der Waals surface area contributed by atoms with Crippen LogP contribution in [-0.2, 0) is 10.0 Å². The van der Waals surface area contributed by atoms with Crippen molar-refractivity contribution in [3.05, 3.63) is 29.8 Å². The van der Waals surface area contributed by atoms with E-state index in [2.05, 4.69) is 6.92 Å². The molecule has 1 aromatic carbocycles. The molecule has 1 atom stereocenters. The molecule has 1 fully saturated rings. The predicted octanol–water partition coefficient (Wildman–Crippen LogP) is 3.34. The summed E-state index contributed by atoms with van der Waals surface area (Å²) in [5.74, 6) is 0. The maximum absolute atomic E-state index is 12.6. The summed E-state index contributed by atoms with van der Waals surface area (Å²) in [6.45, 7) is 4.79. The Balaban J connectivity index is 2.21. The van der Waals surface area contributed by atoms with Crippen molar-refractivity contribution in [1.82, 2.24) is 4.31 Å². The topological polar surface area (TPSA) is 37.4 Å². The van der Waals surface area contributed by atoms with Gasteiger partial charge in [0.25, 0.3) is 0 Å². The zero-order chi connectivity index (χ0) is 13.9. The third-order valence-electron chi connectivity index (χ3n) is 3.84. The van der Waals surface area contributed by atoms with Crippen LogP contribution in [0.25, 0.3) is 0 Å². The van der Waals surface area contributed by atoms with Crippen molar-refractivity contribution in [2.75, 3.05) is 6.54 Å². The number of nitrogens with zero attached hydrogens (tertiary/aromatic N) is 1. The molecule has 0 bridgehead atoms. The van der Waals surface area contributed by atoms with Gasteiger partial charge in [-0.3, -0.25) is 0 Å². The Bertz CT molecular complexity index is 507. The normalized spacial score (nSPS) is 20.8. The van der Waals surface area contributed by atoms with Gasteiger partial charge in [0.05, 0.1) is 4.90 Å². The van der Waals surface area contributed by atoms with Crippen molar-refractivity contribution in [1.29, 1.82) is 0 Å². The van der Waals surface area contributed by atoms with Gasteiger partial charge in [0, 0.05) is 12.6 Å². The van der Waals surface area contributed by atoms with E-state index in [1.807, 2.05) is 19.1 Å². The van der Waals surface area contributed by atoms with E-state index >= 15 is 0 Å². The third kappa shape index (κ3) is 3.18. The first-order chi connectivity index (χ1) is 9.05. The second kappa shape index (κ2) is 6.06. The fourth-order valence-electron chi connectivity index (χ4n) is 2.70. The second-order valence-electron chi connectivity index (χ2n) is 5.37. The standard InChI is InChI=1S/C15H23NO2S/c1-3-4-6-14-7-5-12-16(14)19(17,18)15-10-8-13(2)9-11-15/h8-11,14H,3-7,12H2,1-2H3/t14-/m0/s1. The molecule has 1 aliphatic rings. The minimum absolute atomic E-state index is 0.200. The van der Waals surface area contributed by atoms with Crippen molar-refractivity contribution in [3.63, 3.8) is 0 Å². The van der Waals surface area contributed by atoms with E-state index in [-0.39, 0.29) is 6.04 Å². The largest absolute Gasteiger partial charge is 0.243 e. The molecule has 1 heterocycles. The van der Waals surface area contributed by atoms with Crippen molar-refractivity contribution >= 4 is 10.0 Å². The maximum atomic E-state index is 12.6. The molecular formula is C15H23NO2S. The number of unbranched alkanes of at least 4 members (excludes halogenated alkanes) is 1. The molecule has 2 rings (SSSR count). The lowest BCUT2D eigenvalue weighted by Gasteiger charge is -2.24. The lowest BCUT2D eigenvalue weighted by molar-refractivity contribution is 0.363. The molecule has 0 aliphatic carbocycles. The highest BCUT2D eigenvalue weighted by atomic mass is 32.2. The molecule has 0 radical (unpaired) electrons. The summed E-state index contributed by atoms with van der Waals surface area (Å²) in [4.78, 5) is 0.432. The summed E-state index contributed by atoms with van der Waals surface area (Å²) in [6, 6.07) is 7.37. The van der Waals surface area contributed by atoms with E-state index in [1.165, 1.54) is 0 Å². The van der Waals surface area contributed by atoms with Crippen molar-refractivity contribution in [2.24, 2.45) is 0 Å². The summed E-state index contributed by atoms with van der Waals surface area (Å²) in [7, 11) is -3.30. The molecule has 0 unspecified atom stereocenters. The molecule has 4 heteroatoms. The van der Waals surface area contributed by atoms with Crippen molar-refractivity contribution in [3.8, 4) is 0 Å². The zero-order valence-electron chi connectivity index (χ0n) is 11.8. The summed E-state index contributed by atoms with van der Waals surface area (Å²) in [6.07, 6.45) is 5.20. The first kappa shape index (κ1) is 14.5. The number of aryl methyl sites for hydroxylation is 1. The lowest BCUT2D eigenvalue weighted by Crippen LogP contribution is -2.35. The van der Waals surface area contributed by atoms with Crippen LogP contribution in [0.4, 0.5) is 0 Å². The summed E-state index contributed by atoms with van der Waals surface area (Å²) in [5.41, 5.74) is 1.09. The van der Waals surface area contributed by atoms with E-state index in [4.69, 9.17) is 0 Å². The van der Waals surface area contributed by atoms with Crippen molar-refractivity contribution in [2.45, 2.75) is 56.9 Å². The monoisotopic (exact) mass is 281 g/mol. The summed E-state index contributed by atoms with van der Waals surface area (Å²) < 4.78 is 27.0. The highest BCUT2D eigenvalue weighted by Gasteiger charge is 2.34. The van der Waals surface area contributed by atoms with Crippen LogP contribution >= 0.6 is 0 Å². The van der Waals surface area contributed by atoms with Crippen LogP contribution in [0.3, 0.4) is 0 Å². The second-order valence-corrected chi connectivity index (χ2v) is 7.26. The van der Waals surface area contributed by atoms with E-state index in [1.54, 1.807) is 16.4 Å². The first-order valence-electron chi connectivity index (χ1n) is 7.14. The number of hydrogen-bond donors (Lipinski definition) is 0. The van der Waals surface area contributed by atoms with Gasteiger partial charge in [0.1, 0.15) is 0 Å². The number of benzene rings is 1. The van der Waals surface area contributed by atoms with Gasteiger partial charge >= 0.3 is 0 Å². The van der Waals surface area contributed by atoms with Gasteiger partial charge in [0.2, 0.25) is 10.0 Å². The Morgan fingerprint density at radius 3 is 2.58 bits per heavy atom. The van der Waals surface area contributed by atoms with Gasteiger partial charge in [0.15, 0.2) is 0 Å². The van der Waals surface area contributed by atoms with Gasteiger partial charge in [-0.15, -0.1) is 0 Å². The molecule has 0 aromatic heterocycles. The average Bonchev–Trinajstić information content (AvgIpc) is 2.86. The molecule has 1 aliphatic heterocycles. The number of rotatable bonds is 5. The quantitative estimate of drug-likeness (QED) is 0.830. The smallest absolute Gasteiger partial charge is 0.207 e. The van der Waals surface area contributed by atoms with E-state index < -0.39 is 10.0 Å². The number of sulfonamides is 1. The molecule has 106 valence electrons. The Labute approximate surface area is 116 Å². The minimum Gasteiger partial charge on any atom is -0.207 e.